The van der Waals surface area contributed by atoms with Gasteiger partial charge >= 0.3 is 19.4 Å². The number of carbonyl (C=O) groups is 1. The summed E-state index contributed by atoms with van der Waals surface area (Å²) in [6.45, 7) is 3.52. The van der Waals surface area contributed by atoms with Crippen molar-refractivity contribution in [1.29, 1.82) is 0 Å². The minimum Gasteiger partial charge on any atom is -0.468 e. The number of hydrogen-bond acceptors (Lipinski definition) is 8. The lowest BCUT2D eigenvalue weighted by molar-refractivity contribution is -0.143. The third-order valence-corrected chi connectivity index (χ3v) is 6.72. The number of H-pyrrole nitrogens is 1. The molecule has 16 heteroatoms. The molecule has 1 aliphatic rings. The van der Waals surface area contributed by atoms with Crippen LogP contribution in [0.25, 0.3) is 0 Å². The van der Waals surface area contributed by atoms with Crippen LogP contribution in [0.15, 0.2) is 15.8 Å². The quantitative estimate of drug-likeness (QED) is 0.248. The molecule has 0 bridgehead atoms. The third-order valence-electron chi connectivity index (χ3n) is 4.84. The van der Waals surface area contributed by atoms with Crippen molar-refractivity contribution < 1.29 is 32.3 Å². The number of alkyl halides is 4. The van der Waals surface area contributed by atoms with Gasteiger partial charge in [-0.25, -0.2) is 18.8 Å². The monoisotopic (exact) mass is 567 g/mol. The van der Waals surface area contributed by atoms with Gasteiger partial charge in [0.05, 0.1) is 13.7 Å². The van der Waals surface area contributed by atoms with Gasteiger partial charge in [0.15, 0.2) is 0 Å². The number of aromatic nitrogens is 2. The van der Waals surface area contributed by atoms with E-state index in [0.717, 1.165) is 11.7 Å². The molecule has 2 unspecified atom stereocenters. The number of nitrogens with zero attached hydrogens (tertiary/aromatic N) is 1. The van der Waals surface area contributed by atoms with Crippen LogP contribution < -0.4 is 16.3 Å². The van der Waals surface area contributed by atoms with Crippen molar-refractivity contribution in [3.05, 3.63) is 32.6 Å². The molecule has 1 aromatic heterocycles. The second kappa shape index (κ2) is 11.8. The maximum Gasteiger partial charge on any atom is 0.406 e. The second-order valence-corrected chi connectivity index (χ2v) is 12.2. The second-order valence-electron chi connectivity index (χ2n) is 7.92. The van der Waals surface area contributed by atoms with Crippen molar-refractivity contribution in [2.45, 2.75) is 55.5 Å². The van der Waals surface area contributed by atoms with E-state index in [2.05, 4.69) is 10.1 Å². The highest BCUT2D eigenvalue weighted by molar-refractivity contribution is 7.51. The molecule has 0 aromatic carbocycles. The first-order valence-corrected chi connectivity index (χ1v) is 12.8. The number of methoxy groups -OCH3 is 1. The minimum absolute atomic E-state index is 0.231. The summed E-state index contributed by atoms with van der Waals surface area (Å²) >= 11 is 17.0. The van der Waals surface area contributed by atoms with Gasteiger partial charge in [0.2, 0.25) is 3.79 Å². The fraction of sp³-hybridized carbons (Fsp3) is 0.722. The number of rotatable bonds is 10. The van der Waals surface area contributed by atoms with E-state index in [1.165, 1.54) is 13.1 Å². The number of aromatic amines is 1. The van der Waals surface area contributed by atoms with E-state index in [0.29, 0.717) is 0 Å². The van der Waals surface area contributed by atoms with Gasteiger partial charge in [0.25, 0.3) is 5.56 Å². The number of aryl methyl sites for hydroxylation is 1. The van der Waals surface area contributed by atoms with Crippen LogP contribution >= 0.6 is 42.5 Å². The van der Waals surface area contributed by atoms with Crippen LogP contribution in [0.1, 0.15) is 32.1 Å². The Morgan fingerprint density at radius 3 is 2.59 bits per heavy atom. The predicted molar refractivity (Wildman–Crippen MR) is 123 cm³/mol. The predicted octanol–water partition coefficient (Wildman–Crippen LogP) is 2.77. The van der Waals surface area contributed by atoms with Crippen molar-refractivity contribution in [2.24, 2.45) is 5.92 Å². The van der Waals surface area contributed by atoms with Crippen LogP contribution in [0.5, 0.6) is 0 Å². The fourth-order valence-corrected chi connectivity index (χ4v) is 5.09. The molecule has 1 saturated heterocycles. The number of nitrogens with one attached hydrogen (secondary N) is 2. The Morgan fingerprint density at radius 2 is 2.03 bits per heavy atom. The third kappa shape index (κ3) is 8.03. The number of halogens is 4. The van der Waals surface area contributed by atoms with Crippen LogP contribution in [0.2, 0.25) is 0 Å². The summed E-state index contributed by atoms with van der Waals surface area (Å²) in [5, 5.41) is 2.45. The van der Waals surface area contributed by atoms with Crippen molar-refractivity contribution in [1.82, 2.24) is 14.6 Å². The summed E-state index contributed by atoms with van der Waals surface area (Å²) in [6.07, 6.45) is -2.90. The van der Waals surface area contributed by atoms with E-state index in [-0.39, 0.29) is 12.0 Å². The smallest absolute Gasteiger partial charge is 0.406 e. The molecule has 1 fully saturated rings. The number of esters is 1. The normalized spacial score (nSPS) is 23.6. The van der Waals surface area contributed by atoms with Gasteiger partial charge in [-0.05, 0) is 12.8 Å². The van der Waals surface area contributed by atoms with E-state index < -0.39 is 72.4 Å². The lowest BCUT2D eigenvalue weighted by atomic mass is 10.1. The zero-order valence-corrected chi connectivity index (χ0v) is 21.9. The first kappa shape index (κ1) is 29.3. The first-order valence-electron chi connectivity index (χ1n) is 10.1. The van der Waals surface area contributed by atoms with Crippen molar-refractivity contribution in [3.8, 4) is 0 Å². The molecule has 11 nitrogen and oxygen atoms in total. The molecule has 0 saturated carbocycles. The average molecular weight is 569 g/mol. The largest absolute Gasteiger partial charge is 0.468 e. The Bertz CT molecular complexity index is 1030. The fourth-order valence-electron chi connectivity index (χ4n) is 3.02. The summed E-state index contributed by atoms with van der Waals surface area (Å²) in [7, 11) is -3.21. The molecule has 2 heterocycles. The summed E-state index contributed by atoms with van der Waals surface area (Å²) in [6, 6.07) is -1.12. The van der Waals surface area contributed by atoms with Crippen LogP contribution in [0.4, 0.5) is 4.39 Å². The number of carbonyl (C=O) groups excluding carboxylic acids is 1. The number of ether oxygens (including phenoxy) is 2. The molecular weight excluding hydrogens is 543 g/mol. The number of hydrogen-bond donors (Lipinski definition) is 2. The molecule has 0 aliphatic carbocycles. The van der Waals surface area contributed by atoms with Gasteiger partial charge in [-0.15, -0.1) is 0 Å². The van der Waals surface area contributed by atoms with Crippen LogP contribution in [0.3, 0.4) is 0 Å². The van der Waals surface area contributed by atoms with Crippen LogP contribution in [-0.2, 0) is 27.9 Å². The Balaban J connectivity index is 2.18. The van der Waals surface area contributed by atoms with Gasteiger partial charge in [-0.3, -0.25) is 28.2 Å². The summed E-state index contributed by atoms with van der Waals surface area (Å²) in [5.74, 6) is -1.15. The van der Waals surface area contributed by atoms with E-state index in [1.54, 1.807) is 13.8 Å². The average Bonchev–Trinajstić information content (AvgIpc) is 3.11. The zero-order valence-electron chi connectivity index (χ0n) is 18.8. The Hall–Kier alpha value is -0.980. The lowest BCUT2D eigenvalue weighted by Gasteiger charge is -2.27. The highest BCUT2D eigenvalue weighted by atomic mass is 35.6. The maximum absolute atomic E-state index is 14.7. The van der Waals surface area contributed by atoms with E-state index in [1.807, 2.05) is 0 Å². The lowest BCUT2D eigenvalue weighted by Crippen LogP contribution is -2.41. The van der Waals surface area contributed by atoms with Crippen molar-refractivity contribution >= 4 is 48.5 Å². The van der Waals surface area contributed by atoms with Crippen LogP contribution in [-0.4, -0.2) is 58.0 Å². The van der Waals surface area contributed by atoms with Crippen LogP contribution in [0, 0.1) is 12.8 Å². The molecule has 1 aliphatic heterocycles. The minimum atomic E-state index is -4.35. The Morgan fingerprint density at radius 1 is 1.38 bits per heavy atom. The van der Waals surface area contributed by atoms with Crippen molar-refractivity contribution in [2.75, 3.05) is 20.3 Å². The Labute approximate surface area is 209 Å². The molecule has 1 aromatic rings. The molecule has 0 radical (unpaired) electrons. The molecule has 0 spiro atoms. The summed E-state index contributed by atoms with van der Waals surface area (Å²) in [4.78, 5) is 37.9. The van der Waals surface area contributed by atoms with E-state index in [9.17, 15) is 23.3 Å². The van der Waals surface area contributed by atoms with Crippen molar-refractivity contribution in [3.63, 3.8) is 0 Å². The van der Waals surface area contributed by atoms with Gasteiger partial charge in [-0.1, -0.05) is 48.7 Å². The molecule has 0 amide bonds. The summed E-state index contributed by atoms with van der Waals surface area (Å²) in [5.41, 5.74) is -1.11. The highest BCUT2D eigenvalue weighted by Gasteiger charge is 2.41. The molecule has 2 rings (SSSR count). The molecule has 194 valence electrons. The zero-order chi connectivity index (χ0) is 25.8. The standard InChI is InChI=1S/C18H26Cl3FN3O8P/c1-9(2)14(16(27)30-4)24-34(29,32-8-18(19,20)21)31-7-12-11(22)5-13(33-12)25-6-10(3)15(26)23-17(25)28/h6,9,11-14H,5,7-8H2,1-4H3,(H,24,29)(H,23,26,28)/t11-,12+,13+,14?,34?/m0/s1. The topological polar surface area (TPSA) is 138 Å². The Kier molecular flexibility index (Phi) is 10.2. The first-order chi connectivity index (χ1) is 15.7. The van der Waals surface area contributed by atoms with Gasteiger partial charge in [0.1, 0.15) is 31.2 Å². The molecule has 2 N–H and O–H groups in total. The van der Waals surface area contributed by atoms with E-state index >= 15 is 0 Å². The van der Waals surface area contributed by atoms with Gasteiger partial charge in [0, 0.05) is 18.2 Å². The molecular formula is C18H26Cl3FN3O8P. The molecule has 5 atom stereocenters. The van der Waals surface area contributed by atoms with Gasteiger partial charge in [-0.2, -0.15) is 0 Å². The van der Waals surface area contributed by atoms with Gasteiger partial charge < -0.3 is 9.47 Å². The highest BCUT2D eigenvalue weighted by Crippen LogP contribution is 2.48. The summed E-state index contributed by atoms with van der Waals surface area (Å²) < 4.78 is 47.9. The molecule has 34 heavy (non-hydrogen) atoms. The van der Waals surface area contributed by atoms with E-state index in [4.69, 9.17) is 53.3 Å². The SMILES string of the molecule is COC(=O)C(NP(=O)(OC[C@H]1O[C@@H](n2cc(C)c(=O)[nH]c2=O)C[C@@H]1F)OCC(Cl)(Cl)Cl)C(C)C. The maximum atomic E-state index is 14.7.